The molecule has 0 aromatic carbocycles. The number of hydrogen-bond donors (Lipinski definition) is 0. The van der Waals surface area contributed by atoms with Crippen LogP contribution in [0.15, 0.2) is 0 Å². The van der Waals surface area contributed by atoms with Gasteiger partial charge in [-0.1, -0.05) is 6.42 Å². The van der Waals surface area contributed by atoms with E-state index in [1.165, 1.54) is 39.2 Å². The van der Waals surface area contributed by atoms with Gasteiger partial charge in [0.05, 0.1) is 19.6 Å². The van der Waals surface area contributed by atoms with Crippen molar-refractivity contribution >= 4 is 5.97 Å². The molecule has 0 saturated carbocycles. The Kier molecular flexibility index (Phi) is 5.45. The van der Waals surface area contributed by atoms with E-state index in [0.717, 1.165) is 26.1 Å². The molecule has 18 heavy (non-hydrogen) atoms. The second kappa shape index (κ2) is 7.10. The van der Waals surface area contributed by atoms with E-state index in [9.17, 15) is 4.79 Å². The van der Waals surface area contributed by atoms with Crippen LogP contribution in [0.4, 0.5) is 0 Å². The summed E-state index contributed by atoms with van der Waals surface area (Å²) in [5, 5.41) is 0. The van der Waals surface area contributed by atoms with Gasteiger partial charge in [-0.25, -0.2) is 0 Å². The SMILES string of the molecule is COC(=O)CC1CCCCN1CC1CCCCO1. The zero-order chi connectivity index (χ0) is 12.8. The molecule has 0 aromatic rings. The van der Waals surface area contributed by atoms with E-state index in [1.807, 2.05) is 0 Å². The zero-order valence-corrected chi connectivity index (χ0v) is 11.4. The Morgan fingerprint density at radius 3 is 2.83 bits per heavy atom. The third-order valence-electron chi connectivity index (χ3n) is 4.09. The third kappa shape index (κ3) is 3.95. The fourth-order valence-corrected chi connectivity index (χ4v) is 3.02. The summed E-state index contributed by atoms with van der Waals surface area (Å²) in [4.78, 5) is 13.9. The maximum absolute atomic E-state index is 11.4. The van der Waals surface area contributed by atoms with Crippen molar-refractivity contribution in [2.75, 3.05) is 26.8 Å². The highest BCUT2D eigenvalue weighted by molar-refractivity contribution is 5.69. The van der Waals surface area contributed by atoms with Crippen LogP contribution in [0, 0.1) is 0 Å². The molecule has 2 aliphatic heterocycles. The van der Waals surface area contributed by atoms with Gasteiger partial charge in [-0.3, -0.25) is 9.69 Å². The van der Waals surface area contributed by atoms with Crippen molar-refractivity contribution in [3.8, 4) is 0 Å². The monoisotopic (exact) mass is 255 g/mol. The smallest absolute Gasteiger partial charge is 0.307 e. The number of carbonyl (C=O) groups excluding carboxylic acids is 1. The van der Waals surface area contributed by atoms with E-state index in [1.54, 1.807) is 0 Å². The lowest BCUT2D eigenvalue weighted by Crippen LogP contribution is -2.45. The molecule has 2 aliphatic rings. The number of carbonyl (C=O) groups is 1. The number of methoxy groups -OCH3 is 1. The molecule has 0 amide bonds. The Balaban J connectivity index is 1.84. The highest BCUT2D eigenvalue weighted by atomic mass is 16.5. The Labute approximate surface area is 110 Å². The largest absolute Gasteiger partial charge is 0.469 e. The molecule has 2 heterocycles. The Bertz CT molecular complexity index is 264. The molecule has 2 fully saturated rings. The fraction of sp³-hybridized carbons (Fsp3) is 0.929. The van der Waals surface area contributed by atoms with Crippen LogP contribution in [0.25, 0.3) is 0 Å². The van der Waals surface area contributed by atoms with Crippen molar-refractivity contribution in [1.82, 2.24) is 4.90 Å². The third-order valence-corrected chi connectivity index (χ3v) is 4.09. The summed E-state index contributed by atoms with van der Waals surface area (Å²) >= 11 is 0. The minimum Gasteiger partial charge on any atom is -0.469 e. The normalized spacial score (nSPS) is 30.1. The van der Waals surface area contributed by atoms with E-state index < -0.39 is 0 Å². The van der Waals surface area contributed by atoms with Crippen LogP contribution in [0.3, 0.4) is 0 Å². The number of piperidine rings is 1. The van der Waals surface area contributed by atoms with Gasteiger partial charge in [-0.15, -0.1) is 0 Å². The standard InChI is InChI=1S/C14H25NO3/c1-17-14(16)10-12-6-2-4-8-15(12)11-13-7-3-5-9-18-13/h12-13H,2-11H2,1H3. The van der Waals surface area contributed by atoms with Crippen LogP contribution in [0.5, 0.6) is 0 Å². The van der Waals surface area contributed by atoms with Gasteiger partial charge in [0.15, 0.2) is 0 Å². The van der Waals surface area contributed by atoms with Gasteiger partial charge >= 0.3 is 5.97 Å². The van der Waals surface area contributed by atoms with Gasteiger partial charge in [-0.05, 0) is 38.6 Å². The quantitative estimate of drug-likeness (QED) is 0.720. The van der Waals surface area contributed by atoms with E-state index in [4.69, 9.17) is 9.47 Å². The lowest BCUT2D eigenvalue weighted by Gasteiger charge is -2.38. The molecule has 2 unspecified atom stereocenters. The number of likely N-dealkylation sites (tertiary alicyclic amines) is 1. The first kappa shape index (κ1) is 13.8. The number of nitrogens with zero attached hydrogens (tertiary/aromatic N) is 1. The highest BCUT2D eigenvalue weighted by Crippen LogP contribution is 2.23. The van der Waals surface area contributed by atoms with E-state index >= 15 is 0 Å². The lowest BCUT2D eigenvalue weighted by atomic mass is 9.98. The topological polar surface area (TPSA) is 38.8 Å². The molecule has 2 atom stereocenters. The fourth-order valence-electron chi connectivity index (χ4n) is 3.02. The summed E-state index contributed by atoms with van der Waals surface area (Å²) in [6.07, 6.45) is 8.13. The van der Waals surface area contributed by atoms with Crippen molar-refractivity contribution in [2.45, 2.75) is 57.1 Å². The van der Waals surface area contributed by atoms with Gasteiger partial charge in [0, 0.05) is 19.2 Å². The molecule has 0 N–H and O–H groups in total. The number of rotatable bonds is 4. The van der Waals surface area contributed by atoms with Crippen LogP contribution in [-0.4, -0.2) is 49.8 Å². The molecule has 104 valence electrons. The molecule has 2 saturated heterocycles. The van der Waals surface area contributed by atoms with Crippen molar-refractivity contribution < 1.29 is 14.3 Å². The zero-order valence-electron chi connectivity index (χ0n) is 11.4. The number of ether oxygens (including phenoxy) is 2. The number of esters is 1. The Morgan fingerprint density at radius 2 is 2.11 bits per heavy atom. The van der Waals surface area contributed by atoms with Crippen LogP contribution in [0.2, 0.25) is 0 Å². The summed E-state index contributed by atoms with van der Waals surface area (Å²) in [6, 6.07) is 0.358. The first-order valence-corrected chi connectivity index (χ1v) is 7.22. The maximum atomic E-state index is 11.4. The molecule has 0 aromatic heterocycles. The molecule has 0 aliphatic carbocycles. The molecule has 0 radical (unpaired) electrons. The maximum Gasteiger partial charge on any atom is 0.307 e. The van der Waals surface area contributed by atoms with Gasteiger partial charge < -0.3 is 9.47 Å². The summed E-state index contributed by atoms with van der Waals surface area (Å²) < 4.78 is 10.6. The van der Waals surface area contributed by atoms with Crippen molar-refractivity contribution in [3.63, 3.8) is 0 Å². The average molecular weight is 255 g/mol. The Morgan fingerprint density at radius 1 is 1.28 bits per heavy atom. The van der Waals surface area contributed by atoms with E-state index in [0.29, 0.717) is 18.6 Å². The summed E-state index contributed by atoms with van der Waals surface area (Å²) in [6.45, 7) is 2.99. The summed E-state index contributed by atoms with van der Waals surface area (Å²) in [5.41, 5.74) is 0. The van der Waals surface area contributed by atoms with Gasteiger partial charge in [0.25, 0.3) is 0 Å². The first-order valence-electron chi connectivity index (χ1n) is 7.22. The summed E-state index contributed by atoms with van der Waals surface area (Å²) in [5.74, 6) is -0.0866. The minimum atomic E-state index is -0.0866. The van der Waals surface area contributed by atoms with E-state index in [2.05, 4.69) is 4.90 Å². The van der Waals surface area contributed by atoms with Crippen LogP contribution < -0.4 is 0 Å². The first-order chi connectivity index (χ1) is 8.79. The highest BCUT2D eigenvalue weighted by Gasteiger charge is 2.27. The van der Waals surface area contributed by atoms with Crippen molar-refractivity contribution in [1.29, 1.82) is 0 Å². The lowest BCUT2D eigenvalue weighted by molar-refractivity contribution is -0.142. The molecule has 0 bridgehead atoms. The second-order valence-electron chi connectivity index (χ2n) is 5.41. The van der Waals surface area contributed by atoms with Crippen LogP contribution in [0.1, 0.15) is 44.9 Å². The van der Waals surface area contributed by atoms with Crippen molar-refractivity contribution in [3.05, 3.63) is 0 Å². The summed E-state index contributed by atoms with van der Waals surface area (Å²) in [7, 11) is 1.47. The molecule has 0 spiro atoms. The second-order valence-corrected chi connectivity index (χ2v) is 5.41. The predicted molar refractivity (Wildman–Crippen MR) is 69.4 cm³/mol. The van der Waals surface area contributed by atoms with Crippen LogP contribution >= 0.6 is 0 Å². The number of hydrogen-bond acceptors (Lipinski definition) is 4. The van der Waals surface area contributed by atoms with Crippen molar-refractivity contribution in [2.24, 2.45) is 0 Å². The van der Waals surface area contributed by atoms with Gasteiger partial charge in [-0.2, -0.15) is 0 Å². The average Bonchev–Trinajstić information content (AvgIpc) is 2.42. The molecule has 2 rings (SSSR count). The molecule has 4 heteroatoms. The molecular formula is C14H25NO3. The van der Waals surface area contributed by atoms with Gasteiger partial charge in [0.2, 0.25) is 0 Å². The Hall–Kier alpha value is -0.610. The molecular weight excluding hydrogens is 230 g/mol. The van der Waals surface area contributed by atoms with Gasteiger partial charge in [0.1, 0.15) is 0 Å². The van der Waals surface area contributed by atoms with E-state index in [-0.39, 0.29) is 5.97 Å². The van der Waals surface area contributed by atoms with Crippen LogP contribution in [-0.2, 0) is 14.3 Å². The minimum absolute atomic E-state index is 0.0866. The predicted octanol–water partition coefficient (Wildman–Crippen LogP) is 1.97. The molecule has 4 nitrogen and oxygen atoms in total.